The summed E-state index contributed by atoms with van der Waals surface area (Å²) in [6.45, 7) is 2.03. The summed E-state index contributed by atoms with van der Waals surface area (Å²) in [5.74, 6) is 0.208. The van der Waals surface area contributed by atoms with Gasteiger partial charge in [0.1, 0.15) is 11.5 Å². The lowest BCUT2D eigenvalue weighted by molar-refractivity contribution is -0.169. The van der Waals surface area contributed by atoms with Crippen LogP contribution >= 0.6 is 0 Å². The number of methoxy groups -OCH3 is 2. The number of benzene rings is 2. The highest BCUT2D eigenvalue weighted by Crippen LogP contribution is 2.60. The van der Waals surface area contributed by atoms with Gasteiger partial charge in [-0.25, -0.2) is 0 Å². The van der Waals surface area contributed by atoms with E-state index in [1.165, 1.54) is 14.2 Å². The lowest BCUT2D eigenvalue weighted by Gasteiger charge is -2.32. The van der Waals surface area contributed by atoms with Crippen molar-refractivity contribution in [2.24, 2.45) is 10.8 Å². The Kier molecular flexibility index (Phi) is 4.98. The van der Waals surface area contributed by atoms with Gasteiger partial charge in [0.2, 0.25) is 0 Å². The van der Waals surface area contributed by atoms with E-state index in [4.69, 9.17) is 14.2 Å². The van der Waals surface area contributed by atoms with Gasteiger partial charge >= 0.3 is 11.9 Å². The molecule has 1 atom stereocenters. The molecule has 2 aliphatic rings. The summed E-state index contributed by atoms with van der Waals surface area (Å²) < 4.78 is 16.5. The molecule has 1 unspecified atom stereocenters. The molecular weight excluding hydrogens is 380 g/mol. The first kappa shape index (κ1) is 20.0. The highest BCUT2D eigenvalue weighted by atomic mass is 16.5. The standard InChI is InChI=1S/C25H24O5/c1-24-15-20(17-10-6-4-7-11-17)30-21(18-12-8-5-9-13-18)19(24)14-25(16-24,22(26)28-2)23(27)29-3/h4-13,15H,14,16H2,1-3H3. The molecule has 5 heteroatoms. The van der Waals surface area contributed by atoms with E-state index in [2.05, 4.69) is 0 Å². The van der Waals surface area contributed by atoms with E-state index < -0.39 is 22.8 Å². The number of carbonyl (C=O) groups excluding carboxylic acids is 2. The SMILES string of the molecule is COC(=O)C1(C(=O)OC)CC2=C(c3ccccc3)OC(c3ccccc3)=CC2(C)C1. The Morgan fingerprint density at radius 1 is 0.867 bits per heavy atom. The monoisotopic (exact) mass is 404 g/mol. The van der Waals surface area contributed by atoms with Crippen LogP contribution in [-0.2, 0) is 23.8 Å². The molecule has 4 rings (SSSR count). The van der Waals surface area contributed by atoms with Crippen LogP contribution in [0.3, 0.4) is 0 Å². The average Bonchev–Trinajstić information content (AvgIpc) is 3.12. The Balaban J connectivity index is 1.91. The summed E-state index contributed by atoms with van der Waals surface area (Å²) in [6, 6.07) is 19.5. The summed E-state index contributed by atoms with van der Waals surface area (Å²) in [7, 11) is 2.59. The molecule has 0 bridgehead atoms. The molecule has 0 aromatic heterocycles. The minimum atomic E-state index is -1.40. The van der Waals surface area contributed by atoms with Gasteiger partial charge in [-0.3, -0.25) is 9.59 Å². The second-order valence-electron chi connectivity index (χ2n) is 7.99. The highest BCUT2D eigenvalue weighted by molar-refractivity contribution is 6.02. The molecule has 2 aromatic rings. The van der Waals surface area contributed by atoms with Gasteiger partial charge in [0.15, 0.2) is 5.41 Å². The van der Waals surface area contributed by atoms with Gasteiger partial charge in [-0.1, -0.05) is 67.6 Å². The van der Waals surface area contributed by atoms with E-state index in [-0.39, 0.29) is 12.8 Å². The van der Waals surface area contributed by atoms with E-state index in [0.717, 1.165) is 16.7 Å². The van der Waals surface area contributed by atoms with Crippen LogP contribution in [-0.4, -0.2) is 26.2 Å². The van der Waals surface area contributed by atoms with Crippen molar-refractivity contribution < 1.29 is 23.8 Å². The second kappa shape index (κ2) is 7.48. The lowest BCUT2D eigenvalue weighted by atomic mass is 9.77. The summed E-state index contributed by atoms with van der Waals surface area (Å²) in [4.78, 5) is 25.6. The van der Waals surface area contributed by atoms with Gasteiger partial charge in [-0.15, -0.1) is 0 Å². The molecule has 5 nitrogen and oxygen atoms in total. The first-order chi connectivity index (χ1) is 14.4. The van der Waals surface area contributed by atoms with E-state index in [0.29, 0.717) is 11.5 Å². The minimum absolute atomic E-state index is 0.186. The van der Waals surface area contributed by atoms with E-state index in [9.17, 15) is 9.59 Å². The molecule has 0 spiro atoms. The number of hydrogen-bond acceptors (Lipinski definition) is 5. The maximum Gasteiger partial charge on any atom is 0.323 e. The van der Waals surface area contributed by atoms with Crippen molar-refractivity contribution in [3.63, 3.8) is 0 Å². The maximum atomic E-state index is 12.8. The topological polar surface area (TPSA) is 61.8 Å². The van der Waals surface area contributed by atoms with Crippen molar-refractivity contribution in [2.75, 3.05) is 14.2 Å². The third-order valence-electron chi connectivity index (χ3n) is 6.02. The molecule has 30 heavy (non-hydrogen) atoms. The normalized spacial score (nSPS) is 21.9. The fourth-order valence-electron chi connectivity index (χ4n) is 4.60. The molecule has 0 amide bonds. The van der Waals surface area contributed by atoms with Gasteiger partial charge in [0.25, 0.3) is 0 Å². The quantitative estimate of drug-likeness (QED) is 0.550. The maximum absolute atomic E-state index is 12.8. The minimum Gasteiger partial charge on any atom is -0.468 e. The van der Waals surface area contributed by atoms with E-state index in [1.54, 1.807) is 0 Å². The first-order valence-corrected chi connectivity index (χ1v) is 9.85. The van der Waals surface area contributed by atoms with Crippen LogP contribution in [0.4, 0.5) is 0 Å². The third-order valence-corrected chi connectivity index (χ3v) is 6.02. The van der Waals surface area contributed by atoms with Crippen LogP contribution in [0, 0.1) is 10.8 Å². The van der Waals surface area contributed by atoms with Crippen molar-refractivity contribution in [1.29, 1.82) is 0 Å². The largest absolute Gasteiger partial charge is 0.468 e. The average molecular weight is 404 g/mol. The first-order valence-electron chi connectivity index (χ1n) is 9.85. The van der Waals surface area contributed by atoms with Crippen molar-refractivity contribution in [3.05, 3.63) is 83.4 Å². The molecule has 1 saturated carbocycles. The van der Waals surface area contributed by atoms with Crippen LogP contribution < -0.4 is 0 Å². The molecule has 0 saturated heterocycles. The Morgan fingerprint density at radius 3 is 1.93 bits per heavy atom. The molecule has 2 aromatic carbocycles. The fraction of sp³-hybridized carbons (Fsp3) is 0.280. The van der Waals surface area contributed by atoms with Gasteiger partial charge in [-0.05, 0) is 24.5 Å². The summed E-state index contributed by atoms with van der Waals surface area (Å²) in [6.07, 6.45) is 2.45. The Morgan fingerprint density at radius 2 is 1.40 bits per heavy atom. The van der Waals surface area contributed by atoms with Crippen molar-refractivity contribution in [1.82, 2.24) is 0 Å². The third kappa shape index (κ3) is 3.11. The van der Waals surface area contributed by atoms with Crippen LogP contribution in [0.15, 0.2) is 72.3 Å². The van der Waals surface area contributed by atoms with Crippen LogP contribution in [0.1, 0.15) is 30.9 Å². The molecular formula is C25H24O5. The predicted molar refractivity (Wildman–Crippen MR) is 113 cm³/mol. The van der Waals surface area contributed by atoms with Gasteiger partial charge in [0, 0.05) is 16.5 Å². The summed E-state index contributed by atoms with van der Waals surface area (Å²) >= 11 is 0. The Labute approximate surface area is 176 Å². The molecule has 0 N–H and O–H groups in total. The molecule has 1 aliphatic heterocycles. The number of carbonyl (C=O) groups is 2. The zero-order chi connectivity index (χ0) is 21.4. The number of hydrogen-bond donors (Lipinski definition) is 0. The number of allylic oxidation sites excluding steroid dienone is 2. The van der Waals surface area contributed by atoms with Crippen molar-refractivity contribution in [2.45, 2.75) is 19.8 Å². The van der Waals surface area contributed by atoms with Gasteiger partial charge in [-0.2, -0.15) is 0 Å². The lowest BCUT2D eigenvalue weighted by Crippen LogP contribution is -2.39. The van der Waals surface area contributed by atoms with Crippen LogP contribution in [0.25, 0.3) is 11.5 Å². The predicted octanol–water partition coefficient (Wildman–Crippen LogP) is 4.60. The number of fused-ring (bicyclic) bond motifs is 1. The van der Waals surface area contributed by atoms with Crippen molar-refractivity contribution >= 4 is 23.5 Å². The van der Waals surface area contributed by atoms with Crippen molar-refractivity contribution in [3.8, 4) is 0 Å². The zero-order valence-corrected chi connectivity index (χ0v) is 17.3. The number of ether oxygens (including phenoxy) is 3. The van der Waals surface area contributed by atoms with Gasteiger partial charge in [0.05, 0.1) is 14.2 Å². The second-order valence-corrected chi connectivity index (χ2v) is 7.99. The molecule has 1 aliphatic carbocycles. The molecule has 1 fully saturated rings. The number of esters is 2. The molecule has 1 heterocycles. The van der Waals surface area contributed by atoms with E-state index in [1.807, 2.05) is 73.7 Å². The van der Waals surface area contributed by atoms with Crippen LogP contribution in [0.5, 0.6) is 0 Å². The fourth-order valence-corrected chi connectivity index (χ4v) is 4.60. The summed E-state index contributed by atoms with van der Waals surface area (Å²) in [5, 5.41) is 0. The zero-order valence-electron chi connectivity index (χ0n) is 17.3. The van der Waals surface area contributed by atoms with Crippen LogP contribution in [0.2, 0.25) is 0 Å². The molecule has 154 valence electrons. The summed E-state index contributed by atoms with van der Waals surface area (Å²) in [5.41, 5.74) is 0.742. The highest BCUT2D eigenvalue weighted by Gasteiger charge is 2.61. The van der Waals surface area contributed by atoms with Gasteiger partial charge < -0.3 is 14.2 Å². The number of rotatable bonds is 4. The molecule has 0 radical (unpaired) electrons. The smallest absolute Gasteiger partial charge is 0.323 e. The Bertz CT molecular complexity index is 1020. The Hall–Kier alpha value is -3.34. The van der Waals surface area contributed by atoms with E-state index >= 15 is 0 Å².